The summed E-state index contributed by atoms with van der Waals surface area (Å²) < 4.78 is 2.75. The van der Waals surface area contributed by atoms with Crippen LogP contribution in [0, 0.1) is 10.1 Å². The van der Waals surface area contributed by atoms with Gasteiger partial charge in [-0.15, -0.1) is 0 Å². The summed E-state index contributed by atoms with van der Waals surface area (Å²) in [6.07, 6.45) is 4.69. The van der Waals surface area contributed by atoms with Gasteiger partial charge >= 0.3 is 5.95 Å². The first-order valence-electron chi connectivity index (χ1n) is 9.89. The molecule has 0 spiro atoms. The summed E-state index contributed by atoms with van der Waals surface area (Å²) in [7, 11) is 0. The summed E-state index contributed by atoms with van der Waals surface area (Å²) in [5, 5.41) is 21.7. The number of rotatable bonds is 9. The zero-order chi connectivity index (χ0) is 21.7. The first-order valence-corrected chi connectivity index (χ1v) is 9.89. The Bertz CT molecular complexity index is 1010. The Balaban J connectivity index is 1.65. The van der Waals surface area contributed by atoms with E-state index in [1.165, 1.54) is 21.3 Å². The summed E-state index contributed by atoms with van der Waals surface area (Å²) in [5.74, 6) is -0.259. The molecule has 0 fully saturated rings. The second kappa shape index (κ2) is 9.29. The number of hydrogen-bond donors (Lipinski definition) is 1. The number of hydrogen-bond acceptors (Lipinski definition) is 6. The molecule has 1 amide bonds. The Morgan fingerprint density at radius 1 is 1.10 bits per heavy atom. The normalized spacial score (nSPS) is 13.0. The third-order valence-corrected chi connectivity index (χ3v) is 5.08. The van der Waals surface area contributed by atoms with Crippen LogP contribution in [0.2, 0.25) is 0 Å². The zero-order valence-corrected chi connectivity index (χ0v) is 17.2. The van der Waals surface area contributed by atoms with E-state index in [1.807, 2.05) is 6.92 Å². The molecule has 2 aromatic heterocycles. The Hall–Kier alpha value is -3.56. The molecule has 2 atom stereocenters. The van der Waals surface area contributed by atoms with Gasteiger partial charge in [-0.1, -0.05) is 50.0 Å². The van der Waals surface area contributed by atoms with E-state index in [4.69, 9.17) is 0 Å². The van der Waals surface area contributed by atoms with Crippen LogP contribution in [-0.2, 0) is 6.67 Å². The molecule has 30 heavy (non-hydrogen) atoms. The lowest BCUT2D eigenvalue weighted by Gasteiger charge is -2.18. The maximum atomic E-state index is 12.7. The number of nitrogens with one attached hydrogen (secondary N) is 1. The predicted molar refractivity (Wildman–Crippen MR) is 110 cm³/mol. The van der Waals surface area contributed by atoms with Crippen LogP contribution in [-0.4, -0.2) is 35.4 Å². The molecule has 158 valence electrons. The summed E-state index contributed by atoms with van der Waals surface area (Å²) in [6, 6.07) is 9.83. The summed E-state index contributed by atoms with van der Waals surface area (Å²) in [5.41, 5.74) is 2.60. The molecule has 0 bridgehead atoms. The standard InChI is InChI=1S/C20H25N7O3/c1-4-14(3)15-6-8-16(9-7-15)17(5-2)22-19(28)18-10-11-25(23-18)13-26-12-21-20(24-26)27(29)30/h6-12,14,17H,4-5,13H2,1-3H3,(H,22,28). The van der Waals surface area contributed by atoms with Crippen LogP contribution >= 0.6 is 0 Å². The molecule has 10 heteroatoms. The number of carbonyl (C=O) groups excluding carboxylic acids is 1. The fourth-order valence-electron chi connectivity index (χ4n) is 3.09. The minimum Gasteiger partial charge on any atom is -0.390 e. The van der Waals surface area contributed by atoms with Crippen molar-refractivity contribution in [3.8, 4) is 0 Å². The lowest BCUT2D eigenvalue weighted by Crippen LogP contribution is -2.28. The first-order chi connectivity index (χ1) is 14.4. The molecular formula is C20H25N7O3. The summed E-state index contributed by atoms with van der Waals surface area (Å²) in [6.45, 7) is 6.49. The number of nitrogens with zero attached hydrogens (tertiary/aromatic N) is 6. The van der Waals surface area contributed by atoms with E-state index in [2.05, 4.69) is 58.6 Å². The molecule has 1 aromatic carbocycles. The van der Waals surface area contributed by atoms with Gasteiger partial charge in [0, 0.05) is 11.3 Å². The van der Waals surface area contributed by atoms with Gasteiger partial charge in [0.2, 0.25) is 6.33 Å². The van der Waals surface area contributed by atoms with Crippen molar-refractivity contribution in [2.24, 2.45) is 0 Å². The average Bonchev–Trinajstić information content (AvgIpc) is 3.41. The van der Waals surface area contributed by atoms with Crippen molar-refractivity contribution in [2.75, 3.05) is 0 Å². The fraction of sp³-hybridized carbons (Fsp3) is 0.400. The number of benzene rings is 1. The van der Waals surface area contributed by atoms with Crippen LogP contribution in [0.3, 0.4) is 0 Å². The van der Waals surface area contributed by atoms with Gasteiger partial charge in [-0.2, -0.15) is 9.78 Å². The second-order valence-electron chi connectivity index (χ2n) is 7.13. The smallest absolute Gasteiger partial charge is 0.390 e. The minimum absolute atomic E-state index is 0.113. The molecule has 1 N–H and O–H groups in total. The maximum absolute atomic E-state index is 12.7. The highest BCUT2D eigenvalue weighted by molar-refractivity contribution is 5.92. The average molecular weight is 411 g/mol. The van der Waals surface area contributed by atoms with Crippen LogP contribution in [0.4, 0.5) is 5.95 Å². The molecule has 3 aromatic rings. The van der Waals surface area contributed by atoms with Gasteiger partial charge in [-0.25, -0.2) is 4.68 Å². The van der Waals surface area contributed by atoms with Crippen LogP contribution in [0.1, 0.15) is 67.2 Å². The summed E-state index contributed by atoms with van der Waals surface area (Å²) in [4.78, 5) is 26.2. The van der Waals surface area contributed by atoms with Crippen LogP contribution in [0.25, 0.3) is 0 Å². The fourth-order valence-corrected chi connectivity index (χ4v) is 3.09. The van der Waals surface area contributed by atoms with E-state index < -0.39 is 10.9 Å². The predicted octanol–water partition coefficient (Wildman–Crippen LogP) is 3.28. The van der Waals surface area contributed by atoms with Gasteiger partial charge in [-0.05, 0) is 40.9 Å². The highest BCUT2D eigenvalue weighted by Gasteiger charge is 2.18. The van der Waals surface area contributed by atoms with Gasteiger partial charge in [-0.3, -0.25) is 4.79 Å². The van der Waals surface area contributed by atoms with E-state index in [0.717, 1.165) is 18.4 Å². The van der Waals surface area contributed by atoms with Crippen molar-refractivity contribution in [3.05, 3.63) is 69.8 Å². The van der Waals surface area contributed by atoms with E-state index in [0.29, 0.717) is 5.92 Å². The largest absolute Gasteiger partial charge is 0.491 e. The Kier molecular flexibility index (Phi) is 6.55. The van der Waals surface area contributed by atoms with E-state index in [1.54, 1.807) is 12.3 Å². The lowest BCUT2D eigenvalue weighted by molar-refractivity contribution is -0.394. The molecule has 0 saturated heterocycles. The van der Waals surface area contributed by atoms with E-state index >= 15 is 0 Å². The molecule has 0 aliphatic rings. The first kappa shape index (κ1) is 21.2. The zero-order valence-electron chi connectivity index (χ0n) is 17.2. The molecule has 0 aliphatic carbocycles. The molecule has 10 nitrogen and oxygen atoms in total. The minimum atomic E-state index is -0.668. The van der Waals surface area contributed by atoms with E-state index in [-0.39, 0.29) is 24.3 Å². The van der Waals surface area contributed by atoms with Crippen molar-refractivity contribution in [2.45, 2.75) is 52.2 Å². The van der Waals surface area contributed by atoms with Crippen LogP contribution in [0.15, 0.2) is 42.9 Å². The molecule has 2 unspecified atom stereocenters. The van der Waals surface area contributed by atoms with Crippen LogP contribution in [0.5, 0.6) is 0 Å². The van der Waals surface area contributed by atoms with Crippen molar-refractivity contribution < 1.29 is 9.72 Å². The lowest BCUT2D eigenvalue weighted by atomic mass is 9.95. The highest BCUT2D eigenvalue weighted by atomic mass is 16.6. The monoisotopic (exact) mass is 411 g/mol. The van der Waals surface area contributed by atoms with E-state index in [9.17, 15) is 14.9 Å². The van der Waals surface area contributed by atoms with Gasteiger partial charge in [0.1, 0.15) is 5.69 Å². The Labute approximate surface area is 174 Å². The number of carbonyl (C=O) groups is 1. The van der Waals surface area contributed by atoms with Crippen molar-refractivity contribution in [1.82, 2.24) is 29.9 Å². The number of amides is 1. The van der Waals surface area contributed by atoms with Crippen LogP contribution < -0.4 is 5.32 Å². The molecule has 0 radical (unpaired) electrons. The van der Waals surface area contributed by atoms with Gasteiger partial charge in [0.25, 0.3) is 5.91 Å². The molecule has 2 heterocycles. The molecule has 0 saturated carbocycles. The third kappa shape index (κ3) is 4.88. The molecular weight excluding hydrogens is 386 g/mol. The number of nitro groups is 1. The Morgan fingerprint density at radius 2 is 1.80 bits per heavy atom. The topological polar surface area (TPSA) is 121 Å². The van der Waals surface area contributed by atoms with Crippen molar-refractivity contribution >= 4 is 11.9 Å². The summed E-state index contributed by atoms with van der Waals surface area (Å²) >= 11 is 0. The molecule has 3 rings (SSSR count). The van der Waals surface area contributed by atoms with Gasteiger partial charge in [0.15, 0.2) is 6.67 Å². The van der Waals surface area contributed by atoms with Crippen molar-refractivity contribution in [1.29, 1.82) is 0 Å². The molecule has 0 aliphatic heterocycles. The van der Waals surface area contributed by atoms with Gasteiger partial charge in [0.05, 0.1) is 6.04 Å². The quantitative estimate of drug-likeness (QED) is 0.426. The van der Waals surface area contributed by atoms with Crippen molar-refractivity contribution in [3.63, 3.8) is 0 Å². The number of aromatic nitrogens is 5. The highest BCUT2D eigenvalue weighted by Crippen LogP contribution is 2.23. The Morgan fingerprint density at radius 3 is 2.40 bits per heavy atom. The SMILES string of the molecule is CCC(C)c1ccc(C(CC)NC(=O)c2ccn(Cn3cnc([N+](=O)[O-])n3)n2)cc1. The van der Waals surface area contributed by atoms with Gasteiger partial charge < -0.3 is 15.4 Å². The third-order valence-electron chi connectivity index (χ3n) is 5.08. The maximum Gasteiger partial charge on any atom is 0.491 e. The second-order valence-corrected chi connectivity index (χ2v) is 7.13.